The van der Waals surface area contributed by atoms with Gasteiger partial charge in [0.15, 0.2) is 5.70 Å². The van der Waals surface area contributed by atoms with Crippen molar-refractivity contribution in [1.29, 1.82) is 0 Å². The van der Waals surface area contributed by atoms with Crippen LogP contribution in [0.5, 0.6) is 0 Å². The van der Waals surface area contributed by atoms with Crippen molar-refractivity contribution in [2.75, 3.05) is 21.2 Å². The standard InChI is InChI=1S/C20H19ClN4O3/c1-24(2)18(15-11-22-16-10-9-14(21)12-25(15)16)17(20(27)28-3)23-19(26)13-7-5-4-6-8-13/h4-12H,1-3H3,(H,23,26)/b18-17-. The fourth-order valence-electron chi connectivity index (χ4n) is 2.79. The van der Waals surface area contributed by atoms with E-state index < -0.39 is 11.9 Å². The van der Waals surface area contributed by atoms with Crippen molar-refractivity contribution in [2.45, 2.75) is 0 Å². The number of fused-ring (bicyclic) bond motifs is 1. The van der Waals surface area contributed by atoms with Crippen molar-refractivity contribution in [1.82, 2.24) is 19.6 Å². The van der Waals surface area contributed by atoms with E-state index in [0.29, 0.717) is 27.6 Å². The van der Waals surface area contributed by atoms with Crippen LogP contribution in [0.25, 0.3) is 11.3 Å². The van der Waals surface area contributed by atoms with Crippen LogP contribution in [0, 0.1) is 0 Å². The summed E-state index contributed by atoms with van der Waals surface area (Å²) < 4.78 is 6.67. The first-order valence-electron chi connectivity index (χ1n) is 8.41. The summed E-state index contributed by atoms with van der Waals surface area (Å²) in [5.74, 6) is -1.10. The number of benzene rings is 1. The number of nitrogens with one attached hydrogen (secondary N) is 1. The highest BCUT2D eigenvalue weighted by atomic mass is 35.5. The molecule has 0 unspecified atom stereocenters. The summed E-state index contributed by atoms with van der Waals surface area (Å²) >= 11 is 6.13. The summed E-state index contributed by atoms with van der Waals surface area (Å²) in [6.07, 6.45) is 3.30. The van der Waals surface area contributed by atoms with Crippen LogP contribution >= 0.6 is 11.6 Å². The highest BCUT2D eigenvalue weighted by Crippen LogP contribution is 2.24. The molecule has 3 rings (SSSR count). The molecule has 0 atom stereocenters. The summed E-state index contributed by atoms with van der Waals surface area (Å²) in [4.78, 5) is 31.3. The molecule has 0 saturated heterocycles. The van der Waals surface area contributed by atoms with Gasteiger partial charge in [-0.15, -0.1) is 0 Å². The summed E-state index contributed by atoms with van der Waals surface area (Å²) in [6.45, 7) is 0. The lowest BCUT2D eigenvalue weighted by atomic mass is 10.2. The molecule has 1 amide bonds. The normalized spacial score (nSPS) is 11.7. The average molecular weight is 399 g/mol. The fourth-order valence-corrected chi connectivity index (χ4v) is 2.96. The zero-order valence-electron chi connectivity index (χ0n) is 15.6. The Labute approximate surface area is 167 Å². The number of halogens is 1. The van der Waals surface area contributed by atoms with Gasteiger partial charge < -0.3 is 15.0 Å². The lowest BCUT2D eigenvalue weighted by molar-refractivity contribution is -0.136. The van der Waals surface area contributed by atoms with E-state index in [1.54, 1.807) is 78.3 Å². The van der Waals surface area contributed by atoms with Crippen molar-refractivity contribution in [3.63, 3.8) is 0 Å². The Morgan fingerprint density at radius 3 is 2.50 bits per heavy atom. The van der Waals surface area contributed by atoms with Gasteiger partial charge in [0, 0.05) is 25.9 Å². The number of ether oxygens (including phenoxy) is 1. The average Bonchev–Trinajstić information content (AvgIpc) is 3.09. The topological polar surface area (TPSA) is 75.9 Å². The van der Waals surface area contributed by atoms with Crippen LogP contribution in [-0.2, 0) is 9.53 Å². The minimum Gasteiger partial charge on any atom is -0.464 e. The van der Waals surface area contributed by atoms with E-state index in [1.165, 1.54) is 7.11 Å². The summed E-state index contributed by atoms with van der Waals surface area (Å²) in [5.41, 5.74) is 2.09. The van der Waals surface area contributed by atoms with Gasteiger partial charge in [-0.3, -0.25) is 9.20 Å². The maximum absolute atomic E-state index is 12.7. The predicted octanol–water partition coefficient (Wildman–Crippen LogP) is 2.82. The van der Waals surface area contributed by atoms with E-state index in [1.807, 2.05) is 0 Å². The minimum absolute atomic E-state index is 0.00290. The van der Waals surface area contributed by atoms with Crippen molar-refractivity contribution in [3.05, 3.63) is 76.8 Å². The second kappa shape index (κ2) is 8.14. The van der Waals surface area contributed by atoms with Gasteiger partial charge in [0.2, 0.25) is 0 Å². The third kappa shape index (κ3) is 3.84. The third-order valence-corrected chi connectivity index (χ3v) is 4.28. The monoisotopic (exact) mass is 398 g/mol. The summed E-state index contributed by atoms with van der Waals surface area (Å²) in [5, 5.41) is 3.20. The maximum atomic E-state index is 12.7. The highest BCUT2D eigenvalue weighted by molar-refractivity contribution is 6.30. The van der Waals surface area contributed by atoms with Crippen molar-refractivity contribution < 1.29 is 14.3 Å². The van der Waals surface area contributed by atoms with Gasteiger partial charge in [-0.2, -0.15) is 0 Å². The largest absolute Gasteiger partial charge is 0.464 e. The molecule has 7 nitrogen and oxygen atoms in total. The Balaban J connectivity index is 2.17. The molecule has 0 radical (unpaired) electrons. The number of carbonyl (C=O) groups is 2. The molecule has 2 aromatic heterocycles. The molecule has 144 valence electrons. The third-order valence-electron chi connectivity index (χ3n) is 4.06. The molecule has 3 aromatic rings. The lowest BCUT2D eigenvalue weighted by Crippen LogP contribution is -2.32. The molecule has 2 heterocycles. The number of amides is 1. The fraction of sp³-hybridized carbons (Fsp3) is 0.150. The number of hydrogen-bond acceptors (Lipinski definition) is 5. The second-order valence-electron chi connectivity index (χ2n) is 6.15. The van der Waals surface area contributed by atoms with Gasteiger partial charge in [-0.1, -0.05) is 29.8 Å². The molecule has 0 bridgehead atoms. The Hall–Kier alpha value is -3.32. The highest BCUT2D eigenvalue weighted by Gasteiger charge is 2.24. The Morgan fingerprint density at radius 2 is 1.86 bits per heavy atom. The van der Waals surface area contributed by atoms with Crippen LogP contribution < -0.4 is 5.32 Å². The molecule has 1 N–H and O–H groups in total. The molecule has 0 fully saturated rings. The predicted molar refractivity (Wildman–Crippen MR) is 107 cm³/mol. The molecule has 0 saturated carbocycles. The lowest BCUT2D eigenvalue weighted by Gasteiger charge is -2.21. The number of esters is 1. The smallest absolute Gasteiger partial charge is 0.356 e. The zero-order valence-corrected chi connectivity index (χ0v) is 16.4. The Bertz CT molecular complexity index is 1060. The molecular formula is C20H19ClN4O3. The van der Waals surface area contributed by atoms with Crippen LogP contribution in [0.3, 0.4) is 0 Å². The molecule has 0 aliphatic carbocycles. The number of rotatable bonds is 5. The molecule has 0 aliphatic heterocycles. The van der Waals surface area contributed by atoms with Gasteiger partial charge in [0.25, 0.3) is 5.91 Å². The number of pyridine rings is 1. The first-order valence-corrected chi connectivity index (χ1v) is 8.79. The van der Waals surface area contributed by atoms with E-state index in [0.717, 1.165) is 0 Å². The van der Waals surface area contributed by atoms with E-state index in [4.69, 9.17) is 16.3 Å². The molecular weight excluding hydrogens is 380 g/mol. The van der Waals surface area contributed by atoms with Gasteiger partial charge in [0.1, 0.15) is 5.65 Å². The quantitative estimate of drug-likeness (QED) is 0.528. The number of imidazole rings is 1. The van der Waals surface area contributed by atoms with E-state index in [9.17, 15) is 9.59 Å². The van der Waals surface area contributed by atoms with Crippen LogP contribution in [0.1, 0.15) is 16.1 Å². The van der Waals surface area contributed by atoms with Gasteiger partial charge in [0.05, 0.1) is 29.7 Å². The van der Waals surface area contributed by atoms with Gasteiger partial charge >= 0.3 is 5.97 Å². The van der Waals surface area contributed by atoms with E-state index in [2.05, 4.69) is 10.3 Å². The molecule has 1 aromatic carbocycles. The zero-order chi connectivity index (χ0) is 20.3. The molecule has 0 aliphatic rings. The second-order valence-corrected chi connectivity index (χ2v) is 6.59. The Morgan fingerprint density at radius 1 is 1.14 bits per heavy atom. The molecule has 8 heteroatoms. The van der Waals surface area contributed by atoms with E-state index in [-0.39, 0.29) is 5.70 Å². The van der Waals surface area contributed by atoms with Crippen LogP contribution in [0.4, 0.5) is 0 Å². The first kappa shape index (κ1) is 19.4. The number of hydrogen-bond donors (Lipinski definition) is 1. The van der Waals surface area contributed by atoms with Crippen molar-refractivity contribution >= 4 is 34.8 Å². The van der Waals surface area contributed by atoms with Crippen molar-refractivity contribution in [3.8, 4) is 0 Å². The number of aromatic nitrogens is 2. The van der Waals surface area contributed by atoms with Crippen molar-refractivity contribution in [2.24, 2.45) is 0 Å². The number of nitrogens with zero attached hydrogens (tertiary/aromatic N) is 3. The maximum Gasteiger partial charge on any atom is 0.356 e. The number of methoxy groups -OCH3 is 1. The van der Waals surface area contributed by atoms with Crippen LogP contribution in [-0.4, -0.2) is 47.4 Å². The van der Waals surface area contributed by atoms with E-state index >= 15 is 0 Å². The van der Waals surface area contributed by atoms with Crippen LogP contribution in [0.2, 0.25) is 5.02 Å². The summed E-state index contributed by atoms with van der Waals surface area (Å²) in [6, 6.07) is 12.1. The SMILES string of the molecule is COC(=O)/C(NC(=O)c1ccccc1)=C(\c1cnc2ccc(Cl)cn12)N(C)C. The minimum atomic E-state index is -0.676. The number of carbonyl (C=O) groups excluding carboxylic acids is 2. The molecule has 0 spiro atoms. The van der Waals surface area contributed by atoms with Gasteiger partial charge in [-0.25, -0.2) is 9.78 Å². The van der Waals surface area contributed by atoms with Gasteiger partial charge in [-0.05, 0) is 24.3 Å². The first-order chi connectivity index (χ1) is 13.4. The summed E-state index contributed by atoms with van der Waals surface area (Å²) in [7, 11) is 4.78. The Kier molecular flexibility index (Phi) is 5.65. The van der Waals surface area contributed by atoms with Crippen LogP contribution in [0.15, 0.2) is 60.6 Å². The molecule has 28 heavy (non-hydrogen) atoms.